The van der Waals surface area contributed by atoms with Crippen molar-refractivity contribution < 1.29 is 15.3 Å². The van der Waals surface area contributed by atoms with Gasteiger partial charge in [-0.25, -0.2) is 4.89 Å². The van der Waals surface area contributed by atoms with Crippen molar-refractivity contribution in [1.82, 2.24) is 0 Å². The maximum absolute atomic E-state index is 9.12. The van der Waals surface area contributed by atoms with Gasteiger partial charge in [-0.15, -0.1) is 0 Å². The summed E-state index contributed by atoms with van der Waals surface area (Å²) in [5.74, 6) is 0. The van der Waals surface area contributed by atoms with Crippen molar-refractivity contribution in [2.75, 3.05) is 6.61 Å². The van der Waals surface area contributed by atoms with E-state index < -0.39 is 6.10 Å². The van der Waals surface area contributed by atoms with Gasteiger partial charge in [0.25, 0.3) is 0 Å². The van der Waals surface area contributed by atoms with Crippen molar-refractivity contribution in [3.63, 3.8) is 0 Å². The quantitative estimate of drug-likeness (QED) is 0.338. The van der Waals surface area contributed by atoms with Gasteiger partial charge in [0.05, 0.1) is 6.10 Å². The van der Waals surface area contributed by atoms with E-state index in [2.05, 4.69) is 11.8 Å². The summed E-state index contributed by atoms with van der Waals surface area (Å²) in [6.45, 7) is 2.21. The molecular formula is C9H20O3. The Hall–Kier alpha value is -0.120. The zero-order valence-corrected chi connectivity index (χ0v) is 7.83. The monoisotopic (exact) mass is 176 g/mol. The van der Waals surface area contributed by atoms with E-state index >= 15 is 0 Å². The van der Waals surface area contributed by atoms with Gasteiger partial charge in [0.15, 0.2) is 0 Å². The fraction of sp³-hybridized carbons (Fsp3) is 1.00. The third-order valence-corrected chi connectivity index (χ3v) is 1.91. The molecule has 12 heavy (non-hydrogen) atoms. The maximum atomic E-state index is 9.12. The summed E-state index contributed by atoms with van der Waals surface area (Å²) in [6, 6.07) is 0. The second-order valence-corrected chi connectivity index (χ2v) is 3.15. The first-order valence-electron chi connectivity index (χ1n) is 4.75. The van der Waals surface area contributed by atoms with Gasteiger partial charge in [-0.2, -0.15) is 0 Å². The van der Waals surface area contributed by atoms with Gasteiger partial charge in [0.1, 0.15) is 6.61 Å². The molecule has 2 N–H and O–H groups in total. The Morgan fingerprint density at radius 3 is 2.42 bits per heavy atom. The highest BCUT2D eigenvalue weighted by molar-refractivity contribution is 4.53. The van der Waals surface area contributed by atoms with Crippen molar-refractivity contribution in [1.29, 1.82) is 0 Å². The average Bonchev–Trinajstić information content (AvgIpc) is 2.05. The zero-order chi connectivity index (χ0) is 9.23. The van der Waals surface area contributed by atoms with Gasteiger partial charge in [0, 0.05) is 0 Å². The average molecular weight is 176 g/mol. The molecule has 0 aromatic carbocycles. The predicted octanol–water partition coefficient (Wildman–Crippen LogP) is 2.20. The van der Waals surface area contributed by atoms with Crippen LogP contribution in [0.4, 0.5) is 0 Å². The maximum Gasteiger partial charge on any atom is 0.108 e. The molecule has 0 aromatic rings. The van der Waals surface area contributed by atoms with Gasteiger partial charge in [-0.1, -0.05) is 39.0 Å². The number of aliphatic hydroxyl groups is 1. The summed E-state index contributed by atoms with van der Waals surface area (Å²) < 4.78 is 0. The first-order valence-corrected chi connectivity index (χ1v) is 4.75. The number of hydrogen-bond donors (Lipinski definition) is 2. The van der Waals surface area contributed by atoms with Gasteiger partial charge < -0.3 is 5.11 Å². The fourth-order valence-corrected chi connectivity index (χ4v) is 1.15. The first-order chi connectivity index (χ1) is 5.81. The molecule has 0 saturated heterocycles. The van der Waals surface area contributed by atoms with E-state index in [1.807, 2.05) is 0 Å². The van der Waals surface area contributed by atoms with Crippen LogP contribution in [0.15, 0.2) is 0 Å². The minimum Gasteiger partial charge on any atom is -0.391 e. The van der Waals surface area contributed by atoms with Crippen LogP contribution < -0.4 is 0 Å². The lowest BCUT2D eigenvalue weighted by Crippen LogP contribution is -2.13. The molecule has 0 heterocycles. The van der Waals surface area contributed by atoms with Crippen LogP contribution in [0, 0.1) is 0 Å². The van der Waals surface area contributed by atoms with Gasteiger partial charge in [0.2, 0.25) is 0 Å². The molecule has 0 aliphatic heterocycles. The lowest BCUT2D eigenvalue weighted by molar-refractivity contribution is -0.257. The third-order valence-electron chi connectivity index (χ3n) is 1.91. The highest BCUT2D eigenvalue weighted by atomic mass is 17.1. The van der Waals surface area contributed by atoms with Crippen LogP contribution in [0.2, 0.25) is 0 Å². The minimum absolute atomic E-state index is 0.0355. The molecule has 3 nitrogen and oxygen atoms in total. The molecule has 0 aromatic heterocycles. The van der Waals surface area contributed by atoms with E-state index in [9.17, 15) is 0 Å². The number of unbranched alkanes of at least 4 members (excludes halogenated alkanes) is 4. The molecule has 1 unspecified atom stereocenters. The molecule has 0 rings (SSSR count). The summed E-state index contributed by atoms with van der Waals surface area (Å²) >= 11 is 0. The first kappa shape index (κ1) is 11.9. The summed E-state index contributed by atoms with van der Waals surface area (Å²) in [5, 5.41) is 17.1. The van der Waals surface area contributed by atoms with Gasteiger partial charge >= 0.3 is 0 Å². The van der Waals surface area contributed by atoms with Gasteiger partial charge in [-0.05, 0) is 6.42 Å². The predicted molar refractivity (Wildman–Crippen MR) is 48.0 cm³/mol. The molecular weight excluding hydrogens is 156 g/mol. The SMILES string of the molecule is CCCCCCCC(O)COO. The topological polar surface area (TPSA) is 49.7 Å². The summed E-state index contributed by atoms with van der Waals surface area (Å²) in [7, 11) is 0. The van der Waals surface area contributed by atoms with E-state index in [1.165, 1.54) is 19.3 Å². The fourth-order valence-electron chi connectivity index (χ4n) is 1.15. The largest absolute Gasteiger partial charge is 0.391 e. The zero-order valence-electron chi connectivity index (χ0n) is 7.83. The molecule has 74 valence electrons. The molecule has 3 heteroatoms. The van der Waals surface area contributed by atoms with Crippen molar-refractivity contribution >= 4 is 0 Å². The Kier molecular flexibility index (Phi) is 8.88. The minimum atomic E-state index is -0.503. The van der Waals surface area contributed by atoms with Crippen LogP contribution >= 0.6 is 0 Å². The Labute approximate surface area is 74.3 Å². The molecule has 0 aliphatic carbocycles. The van der Waals surface area contributed by atoms with Crippen molar-refractivity contribution in [2.45, 2.75) is 51.6 Å². The number of rotatable bonds is 8. The van der Waals surface area contributed by atoms with Crippen molar-refractivity contribution in [3.8, 4) is 0 Å². The Bertz CT molecular complexity index is 85.8. The Balaban J connectivity index is 2.97. The van der Waals surface area contributed by atoms with Crippen LogP contribution in [0.5, 0.6) is 0 Å². The van der Waals surface area contributed by atoms with Crippen LogP contribution in [0.25, 0.3) is 0 Å². The highest BCUT2D eigenvalue weighted by Crippen LogP contribution is 2.07. The number of hydrogen-bond acceptors (Lipinski definition) is 3. The van der Waals surface area contributed by atoms with Crippen LogP contribution in [0.1, 0.15) is 45.4 Å². The Morgan fingerprint density at radius 1 is 1.17 bits per heavy atom. The van der Waals surface area contributed by atoms with Crippen LogP contribution in [-0.2, 0) is 4.89 Å². The normalized spacial score (nSPS) is 13.2. The molecule has 0 aliphatic rings. The molecule has 0 radical (unpaired) electrons. The van der Waals surface area contributed by atoms with Crippen LogP contribution in [-0.4, -0.2) is 23.1 Å². The molecule has 0 bridgehead atoms. The summed E-state index contributed by atoms with van der Waals surface area (Å²) in [6.07, 6.45) is 6.15. The van der Waals surface area contributed by atoms with E-state index in [0.29, 0.717) is 0 Å². The van der Waals surface area contributed by atoms with Crippen molar-refractivity contribution in [2.24, 2.45) is 0 Å². The highest BCUT2D eigenvalue weighted by Gasteiger charge is 2.02. The van der Waals surface area contributed by atoms with E-state index in [-0.39, 0.29) is 6.61 Å². The van der Waals surface area contributed by atoms with Crippen molar-refractivity contribution in [3.05, 3.63) is 0 Å². The molecule has 1 atom stereocenters. The van der Waals surface area contributed by atoms with E-state index in [1.54, 1.807) is 0 Å². The molecule has 0 saturated carbocycles. The number of aliphatic hydroxyl groups excluding tert-OH is 1. The molecule has 0 amide bonds. The lowest BCUT2D eigenvalue weighted by Gasteiger charge is -2.06. The summed E-state index contributed by atoms with van der Waals surface area (Å²) in [5.41, 5.74) is 0. The lowest BCUT2D eigenvalue weighted by atomic mass is 10.1. The van der Waals surface area contributed by atoms with Crippen LogP contribution in [0.3, 0.4) is 0 Å². The smallest absolute Gasteiger partial charge is 0.108 e. The molecule has 0 spiro atoms. The third kappa shape index (κ3) is 7.98. The summed E-state index contributed by atoms with van der Waals surface area (Å²) in [4.78, 5) is 3.83. The van der Waals surface area contributed by atoms with E-state index in [4.69, 9.17) is 10.4 Å². The second-order valence-electron chi connectivity index (χ2n) is 3.15. The van der Waals surface area contributed by atoms with Gasteiger partial charge in [-0.3, -0.25) is 5.26 Å². The second kappa shape index (κ2) is 8.97. The Morgan fingerprint density at radius 2 is 1.83 bits per heavy atom. The molecule has 0 fully saturated rings. The standard InChI is InChI=1S/C9H20O3/c1-2-3-4-5-6-7-9(10)8-12-11/h9-11H,2-8H2,1H3. The van der Waals surface area contributed by atoms with E-state index in [0.717, 1.165) is 19.3 Å².